The fourth-order valence-corrected chi connectivity index (χ4v) is 7.13. The van der Waals surface area contributed by atoms with Crippen LogP contribution in [0.4, 0.5) is 0 Å². The van der Waals surface area contributed by atoms with Crippen molar-refractivity contribution in [3.05, 3.63) is 47.5 Å². The lowest BCUT2D eigenvalue weighted by molar-refractivity contribution is -0.142. The van der Waals surface area contributed by atoms with Crippen LogP contribution in [0.5, 0.6) is 0 Å². The van der Waals surface area contributed by atoms with E-state index in [4.69, 9.17) is 0 Å². The maximum absolute atomic E-state index is 14.2. The summed E-state index contributed by atoms with van der Waals surface area (Å²) < 4.78 is 0. The van der Waals surface area contributed by atoms with E-state index >= 15 is 0 Å². The minimum absolute atomic E-state index is 0.0221. The van der Waals surface area contributed by atoms with Gasteiger partial charge in [-0.15, -0.1) is 0 Å². The van der Waals surface area contributed by atoms with E-state index in [2.05, 4.69) is 30.1 Å². The lowest BCUT2D eigenvalue weighted by Gasteiger charge is -2.41. The Labute approximate surface area is 294 Å². The zero-order valence-electron chi connectivity index (χ0n) is 31.4. The molecule has 10 heteroatoms. The van der Waals surface area contributed by atoms with E-state index in [1.807, 2.05) is 71.0 Å². The van der Waals surface area contributed by atoms with E-state index in [1.165, 1.54) is 0 Å². The molecular formula is C39H60N6O4. The van der Waals surface area contributed by atoms with Crippen molar-refractivity contribution in [3.8, 4) is 6.07 Å². The Bertz CT molecular complexity index is 1360. The van der Waals surface area contributed by atoms with E-state index in [0.29, 0.717) is 38.0 Å². The zero-order chi connectivity index (χ0) is 36.5. The van der Waals surface area contributed by atoms with Crippen molar-refractivity contribution in [3.63, 3.8) is 0 Å². The first-order valence-electron chi connectivity index (χ1n) is 18.1. The largest absolute Gasteiger partial charge is 0.342 e. The fraction of sp³-hybridized carbons (Fsp3) is 0.667. The van der Waals surface area contributed by atoms with E-state index in [9.17, 15) is 24.4 Å². The second kappa shape index (κ2) is 17.8. The Morgan fingerprint density at radius 2 is 1.65 bits per heavy atom. The Morgan fingerprint density at radius 3 is 2.24 bits per heavy atom. The van der Waals surface area contributed by atoms with Gasteiger partial charge in [-0.25, -0.2) is 0 Å². The van der Waals surface area contributed by atoms with Gasteiger partial charge in [0.25, 0.3) is 0 Å². The molecule has 0 unspecified atom stereocenters. The van der Waals surface area contributed by atoms with E-state index in [0.717, 1.165) is 31.4 Å². The summed E-state index contributed by atoms with van der Waals surface area (Å²) in [7, 11) is 1.74. The van der Waals surface area contributed by atoms with Gasteiger partial charge in [0.15, 0.2) is 0 Å². The van der Waals surface area contributed by atoms with Gasteiger partial charge < -0.3 is 20.0 Å². The van der Waals surface area contributed by atoms with Crippen molar-refractivity contribution in [2.45, 2.75) is 131 Å². The van der Waals surface area contributed by atoms with Crippen molar-refractivity contribution >= 4 is 23.6 Å². The van der Waals surface area contributed by atoms with Crippen LogP contribution in [0.1, 0.15) is 99.5 Å². The molecule has 0 spiro atoms. The molecule has 3 rings (SSSR count). The molecule has 10 nitrogen and oxygen atoms in total. The van der Waals surface area contributed by atoms with Crippen LogP contribution >= 0.6 is 0 Å². The summed E-state index contributed by atoms with van der Waals surface area (Å²) in [6, 6.07) is 9.99. The topological polar surface area (TPSA) is 117 Å². The first kappa shape index (κ1) is 39.7. The summed E-state index contributed by atoms with van der Waals surface area (Å²) in [6.45, 7) is 17.8. The molecule has 0 saturated carbocycles. The molecule has 1 aromatic carbocycles. The second-order valence-corrected chi connectivity index (χ2v) is 15.5. The number of nitrogens with zero attached hydrogens (tertiary/aromatic N) is 5. The first-order chi connectivity index (χ1) is 23.1. The van der Waals surface area contributed by atoms with Crippen LogP contribution < -0.4 is 5.32 Å². The number of rotatable bonds is 13. The van der Waals surface area contributed by atoms with Crippen molar-refractivity contribution in [2.24, 2.45) is 11.3 Å². The highest BCUT2D eigenvalue weighted by Gasteiger charge is 2.41. The minimum atomic E-state index is -0.754. The highest BCUT2D eigenvalue weighted by Crippen LogP contribution is 2.27. The monoisotopic (exact) mass is 676 g/mol. The molecule has 49 heavy (non-hydrogen) atoms. The summed E-state index contributed by atoms with van der Waals surface area (Å²) >= 11 is 0. The molecule has 1 aromatic rings. The van der Waals surface area contributed by atoms with Gasteiger partial charge in [0.2, 0.25) is 23.6 Å². The predicted molar refractivity (Wildman–Crippen MR) is 193 cm³/mol. The normalized spacial score (nSPS) is 20.1. The van der Waals surface area contributed by atoms with Crippen LogP contribution in [-0.2, 0) is 25.7 Å². The van der Waals surface area contributed by atoms with Crippen LogP contribution in [0.15, 0.2) is 42.0 Å². The van der Waals surface area contributed by atoms with Gasteiger partial charge in [0, 0.05) is 38.3 Å². The number of piperidine rings is 1. The van der Waals surface area contributed by atoms with E-state index in [-0.39, 0.29) is 48.1 Å². The van der Waals surface area contributed by atoms with Gasteiger partial charge in [0.1, 0.15) is 12.1 Å². The molecule has 4 atom stereocenters. The van der Waals surface area contributed by atoms with Crippen LogP contribution in [0, 0.1) is 22.7 Å². The average molecular weight is 677 g/mol. The van der Waals surface area contributed by atoms with Crippen molar-refractivity contribution in [1.29, 1.82) is 5.26 Å². The molecule has 0 aliphatic carbocycles. The first-order valence-corrected chi connectivity index (χ1v) is 18.1. The average Bonchev–Trinajstić information content (AvgIpc) is 3.56. The molecule has 2 heterocycles. The van der Waals surface area contributed by atoms with Gasteiger partial charge in [-0.2, -0.15) is 5.26 Å². The third-order valence-corrected chi connectivity index (χ3v) is 9.97. The third-order valence-electron chi connectivity index (χ3n) is 9.97. The maximum Gasteiger partial charge on any atom is 0.249 e. The van der Waals surface area contributed by atoms with Gasteiger partial charge in [-0.05, 0) is 69.9 Å². The lowest BCUT2D eigenvalue weighted by atomic mass is 9.84. The highest BCUT2D eigenvalue weighted by molar-refractivity contribution is 5.97. The summed E-state index contributed by atoms with van der Waals surface area (Å²) in [4.78, 5) is 63.0. The number of likely N-dealkylation sites (N-methyl/N-ethyl adjacent to an activating group) is 1. The van der Waals surface area contributed by atoms with Crippen LogP contribution in [-0.4, -0.2) is 100 Å². The Morgan fingerprint density at radius 1 is 1.00 bits per heavy atom. The molecule has 0 aromatic heterocycles. The van der Waals surface area contributed by atoms with Gasteiger partial charge >= 0.3 is 0 Å². The molecular weight excluding hydrogens is 616 g/mol. The van der Waals surface area contributed by atoms with Gasteiger partial charge in [-0.3, -0.25) is 24.1 Å². The van der Waals surface area contributed by atoms with Crippen LogP contribution in [0.25, 0.3) is 0 Å². The lowest BCUT2D eigenvalue weighted by Crippen LogP contribution is -2.60. The van der Waals surface area contributed by atoms with Crippen molar-refractivity contribution < 1.29 is 19.2 Å². The Balaban J connectivity index is 1.81. The third kappa shape index (κ3) is 10.4. The second-order valence-electron chi connectivity index (χ2n) is 15.5. The summed E-state index contributed by atoms with van der Waals surface area (Å²) in [6.07, 6.45) is 6.13. The standard InChI is InChI=1S/C39H60N6O4/c1-27(2)33(42(9)38(49)34(39(6,7)8)41-35(46)31-19-13-14-23-44(31)28(3)4)25-29(5)36(47)45-24-15-20-32(45)37(48)43(22-16-21-40)26-30-17-11-10-12-18-30/h10-12,17-18,25,27-28,31-34H,13-16,19-20,22-24,26H2,1-9H3,(H,41,46)/b29-25+/t31-,32+,33-,34-/m1/s1. The molecule has 1 N–H and O–H groups in total. The van der Waals surface area contributed by atoms with E-state index in [1.54, 1.807) is 28.7 Å². The number of hydrogen-bond donors (Lipinski definition) is 1. The maximum atomic E-state index is 14.2. The molecule has 2 saturated heterocycles. The smallest absolute Gasteiger partial charge is 0.249 e. The molecule has 2 fully saturated rings. The number of hydrogen-bond acceptors (Lipinski definition) is 6. The Hall–Kier alpha value is -3.71. The van der Waals surface area contributed by atoms with Gasteiger partial charge in [-0.1, -0.05) is 77.4 Å². The molecule has 4 amide bonds. The Kier molecular flexibility index (Phi) is 14.4. The number of nitriles is 1. The van der Waals surface area contributed by atoms with Crippen LogP contribution in [0.2, 0.25) is 0 Å². The highest BCUT2D eigenvalue weighted by atomic mass is 16.2. The van der Waals surface area contributed by atoms with Crippen molar-refractivity contribution in [2.75, 3.05) is 26.7 Å². The minimum Gasteiger partial charge on any atom is -0.342 e. The number of nitrogens with one attached hydrogen (secondary N) is 1. The quantitative estimate of drug-likeness (QED) is 0.289. The fourth-order valence-electron chi connectivity index (χ4n) is 7.13. The van der Waals surface area contributed by atoms with Crippen LogP contribution in [0.3, 0.4) is 0 Å². The predicted octanol–water partition coefficient (Wildman–Crippen LogP) is 5.14. The SMILES string of the molecule is C/C(=C\[C@H](C(C)C)N(C)C(=O)[C@@H](NC(=O)[C@H]1CCCCN1C(C)C)C(C)(C)C)C(=O)N1CCC[C@H]1C(=O)N(CCC#N)Cc1ccccc1. The number of benzene rings is 1. The molecule has 270 valence electrons. The van der Waals surface area contributed by atoms with Gasteiger partial charge in [0.05, 0.1) is 24.6 Å². The molecule has 2 aliphatic heterocycles. The number of carbonyl (C=O) groups is 4. The van der Waals surface area contributed by atoms with Crippen molar-refractivity contribution in [1.82, 2.24) is 24.9 Å². The molecule has 0 radical (unpaired) electrons. The number of carbonyl (C=O) groups excluding carboxylic acids is 4. The summed E-state index contributed by atoms with van der Waals surface area (Å²) in [5, 5.41) is 12.4. The summed E-state index contributed by atoms with van der Waals surface area (Å²) in [5.74, 6) is -0.714. The zero-order valence-corrected chi connectivity index (χ0v) is 31.4. The number of amides is 4. The molecule has 2 aliphatic rings. The number of likely N-dealkylation sites (tertiary alicyclic amines) is 2. The summed E-state index contributed by atoms with van der Waals surface area (Å²) in [5.41, 5.74) is 0.888. The van der Waals surface area contributed by atoms with E-state index < -0.39 is 23.5 Å². The molecule has 0 bridgehead atoms.